The molecule has 1 N–H and O–H groups in total. The summed E-state index contributed by atoms with van der Waals surface area (Å²) in [5.74, 6) is 1.36. The minimum Gasteiger partial charge on any atom is -0.497 e. The lowest BCUT2D eigenvalue weighted by Crippen LogP contribution is -2.28. The number of hydrogen-bond donors (Lipinski definition) is 1. The smallest absolute Gasteiger partial charge is 0.150 e. The average molecular weight is 299 g/mol. The predicted molar refractivity (Wildman–Crippen MR) is 83.1 cm³/mol. The van der Waals surface area contributed by atoms with Gasteiger partial charge in [0, 0.05) is 11.8 Å². The first kappa shape index (κ1) is 17.0. The highest BCUT2D eigenvalue weighted by Crippen LogP contribution is 2.15. The number of likely N-dealkylation sites (N-methyl/N-ethyl adjacent to an activating group) is 1. The number of methoxy groups -OCH3 is 1. The molecule has 0 amide bonds. The van der Waals surface area contributed by atoms with Gasteiger partial charge in [0.25, 0.3) is 0 Å². The van der Waals surface area contributed by atoms with Crippen LogP contribution in [-0.2, 0) is 16.3 Å². The van der Waals surface area contributed by atoms with Crippen LogP contribution in [0.1, 0.15) is 25.3 Å². The minimum absolute atomic E-state index is 0.229. The Morgan fingerprint density at radius 2 is 2.10 bits per heavy atom. The number of sulfone groups is 1. The molecule has 0 heterocycles. The normalized spacial score (nSPS) is 13.2. The number of ether oxygens (including phenoxy) is 1. The molecule has 0 fully saturated rings. The fourth-order valence-corrected chi connectivity index (χ4v) is 3.02. The van der Waals surface area contributed by atoms with E-state index in [2.05, 4.69) is 11.4 Å². The molecule has 0 bridgehead atoms. The Bertz CT molecular complexity index is 500. The summed E-state index contributed by atoms with van der Waals surface area (Å²) >= 11 is 0. The lowest BCUT2D eigenvalue weighted by atomic mass is 10.0. The van der Waals surface area contributed by atoms with Gasteiger partial charge in [0.2, 0.25) is 0 Å². The summed E-state index contributed by atoms with van der Waals surface area (Å²) < 4.78 is 28.2. The van der Waals surface area contributed by atoms with E-state index in [1.165, 1.54) is 5.56 Å². The summed E-state index contributed by atoms with van der Waals surface area (Å²) in [6, 6.07) is 8.27. The van der Waals surface area contributed by atoms with Crippen LogP contribution in [0, 0.1) is 0 Å². The second-order valence-corrected chi connectivity index (χ2v) is 7.39. The number of hydrogen-bond acceptors (Lipinski definition) is 4. The Labute approximate surface area is 122 Å². The molecule has 0 aromatic heterocycles. The third-order valence-corrected chi connectivity index (χ3v) is 5.26. The van der Waals surface area contributed by atoms with Gasteiger partial charge in [-0.1, -0.05) is 19.1 Å². The van der Waals surface area contributed by atoms with Crippen LogP contribution in [0.2, 0.25) is 0 Å². The van der Waals surface area contributed by atoms with Crippen LogP contribution in [0.25, 0.3) is 0 Å². The van der Waals surface area contributed by atoms with Crippen molar-refractivity contribution in [3.8, 4) is 5.75 Å². The highest BCUT2D eigenvalue weighted by molar-refractivity contribution is 7.91. The summed E-state index contributed by atoms with van der Waals surface area (Å²) in [7, 11) is 0.718. The van der Waals surface area contributed by atoms with Crippen LogP contribution in [0.3, 0.4) is 0 Å². The van der Waals surface area contributed by atoms with Crippen LogP contribution in [0.5, 0.6) is 5.75 Å². The molecule has 1 aromatic carbocycles. The first-order chi connectivity index (χ1) is 9.50. The van der Waals surface area contributed by atoms with Gasteiger partial charge in [-0.3, -0.25) is 0 Å². The van der Waals surface area contributed by atoms with Crippen molar-refractivity contribution in [1.29, 1.82) is 0 Å². The maximum atomic E-state index is 11.5. The molecule has 0 spiro atoms. The van der Waals surface area contributed by atoms with Crippen molar-refractivity contribution >= 4 is 9.84 Å². The van der Waals surface area contributed by atoms with Crippen molar-refractivity contribution in [3.63, 3.8) is 0 Å². The molecule has 0 radical (unpaired) electrons. The molecule has 20 heavy (non-hydrogen) atoms. The molecule has 114 valence electrons. The summed E-state index contributed by atoms with van der Waals surface area (Å²) in [4.78, 5) is 0. The van der Waals surface area contributed by atoms with Crippen molar-refractivity contribution < 1.29 is 13.2 Å². The van der Waals surface area contributed by atoms with Gasteiger partial charge in [0.1, 0.15) is 15.6 Å². The number of rotatable bonds is 9. The zero-order valence-corrected chi connectivity index (χ0v) is 13.4. The van der Waals surface area contributed by atoms with E-state index >= 15 is 0 Å². The molecule has 1 rings (SSSR count). The van der Waals surface area contributed by atoms with Crippen molar-refractivity contribution in [3.05, 3.63) is 29.8 Å². The minimum atomic E-state index is -2.85. The third kappa shape index (κ3) is 5.92. The molecule has 1 atom stereocenters. The number of benzene rings is 1. The van der Waals surface area contributed by atoms with Crippen LogP contribution in [-0.4, -0.2) is 40.1 Å². The zero-order chi connectivity index (χ0) is 15.0. The fourth-order valence-electron chi connectivity index (χ4n) is 2.13. The van der Waals surface area contributed by atoms with Gasteiger partial charge >= 0.3 is 0 Å². The Morgan fingerprint density at radius 3 is 2.70 bits per heavy atom. The van der Waals surface area contributed by atoms with Gasteiger partial charge in [0.05, 0.1) is 12.9 Å². The molecule has 5 heteroatoms. The van der Waals surface area contributed by atoms with E-state index in [1.54, 1.807) is 14.0 Å². The summed E-state index contributed by atoms with van der Waals surface area (Å²) in [5.41, 5.74) is 1.20. The molecular weight excluding hydrogens is 274 g/mol. The molecule has 0 aliphatic carbocycles. The lowest BCUT2D eigenvalue weighted by Gasteiger charge is -2.16. The Hall–Kier alpha value is -1.07. The Kier molecular flexibility index (Phi) is 7.02. The van der Waals surface area contributed by atoms with Gasteiger partial charge in [-0.15, -0.1) is 0 Å². The first-order valence-corrected chi connectivity index (χ1v) is 8.83. The number of nitrogens with one attached hydrogen (secondary N) is 1. The zero-order valence-electron chi connectivity index (χ0n) is 12.6. The highest BCUT2D eigenvalue weighted by Gasteiger charge is 2.11. The van der Waals surface area contributed by atoms with E-state index < -0.39 is 9.84 Å². The lowest BCUT2D eigenvalue weighted by molar-refractivity contribution is 0.413. The average Bonchev–Trinajstić information content (AvgIpc) is 2.46. The Balaban J connectivity index is 2.50. The molecular formula is C15H25NO3S. The molecule has 0 saturated heterocycles. The molecule has 0 saturated carbocycles. The standard InChI is InChI=1S/C15H25NO3S/c1-4-20(17,18)10-6-8-14(16-2)11-13-7-5-9-15(12-13)19-3/h5,7,9,12,14,16H,4,6,8,10-11H2,1-3H3. The van der Waals surface area contributed by atoms with Gasteiger partial charge in [-0.05, 0) is 44.0 Å². The Morgan fingerprint density at radius 1 is 1.35 bits per heavy atom. The van der Waals surface area contributed by atoms with E-state index in [0.717, 1.165) is 18.6 Å². The van der Waals surface area contributed by atoms with Crippen LogP contribution >= 0.6 is 0 Å². The molecule has 1 aromatic rings. The third-order valence-electron chi connectivity index (χ3n) is 3.47. The summed E-state index contributed by atoms with van der Waals surface area (Å²) in [6.07, 6.45) is 2.43. The highest BCUT2D eigenvalue weighted by atomic mass is 32.2. The monoisotopic (exact) mass is 299 g/mol. The van der Waals surface area contributed by atoms with Gasteiger partial charge in [0.15, 0.2) is 0 Å². The molecule has 0 aliphatic heterocycles. The van der Waals surface area contributed by atoms with E-state index in [1.807, 2.05) is 25.2 Å². The largest absolute Gasteiger partial charge is 0.497 e. The maximum absolute atomic E-state index is 11.5. The van der Waals surface area contributed by atoms with E-state index in [-0.39, 0.29) is 17.5 Å². The quantitative estimate of drug-likeness (QED) is 0.758. The van der Waals surface area contributed by atoms with Crippen molar-refractivity contribution in [1.82, 2.24) is 5.32 Å². The SMILES string of the molecule is CCS(=O)(=O)CCCC(Cc1cccc(OC)c1)NC. The van der Waals surface area contributed by atoms with Crippen LogP contribution < -0.4 is 10.1 Å². The van der Waals surface area contributed by atoms with Crippen molar-refractivity contribution in [2.75, 3.05) is 25.7 Å². The van der Waals surface area contributed by atoms with E-state index in [9.17, 15) is 8.42 Å². The second kappa shape index (κ2) is 8.27. The topological polar surface area (TPSA) is 55.4 Å². The van der Waals surface area contributed by atoms with E-state index in [4.69, 9.17) is 4.74 Å². The van der Waals surface area contributed by atoms with Crippen LogP contribution in [0.15, 0.2) is 24.3 Å². The van der Waals surface area contributed by atoms with E-state index in [0.29, 0.717) is 6.42 Å². The van der Waals surface area contributed by atoms with Crippen molar-refractivity contribution in [2.24, 2.45) is 0 Å². The fraction of sp³-hybridized carbons (Fsp3) is 0.600. The maximum Gasteiger partial charge on any atom is 0.150 e. The van der Waals surface area contributed by atoms with Crippen molar-refractivity contribution in [2.45, 2.75) is 32.2 Å². The summed E-state index contributed by atoms with van der Waals surface area (Å²) in [5, 5.41) is 3.26. The van der Waals surface area contributed by atoms with Crippen LogP contribution in [0.4, 0.5) is 0 Å². The predicted octanol–water partition coefficient (Wildman–Crippen LogP) is 2.04. The van der Waals surface area contributed by atoms with Gasteiger partial charge < -0.3 is 10.1 Å². The molecule has 1 unspecified atom stereocenters. The van der Waals surface area contributed by atoms with Gasteiger partial charge in [-0.2, -0.15) is 0 Å². The first-order valence-electron chi connectivity index (χ1n) is 7.01. The summed E-state index contributed by atoms with van der Waals surface area (Å²) in [6.45, 7) is 1.70. The van der Waals surface area contributed by atoms with Gasteiger partial charge in [-0.25, -0.2) is 8.42 Å². The molecule has 0 aliphatic rings. The second-order valence-electron chi connectivity index (χ2n) is 4.92. The molecule has 4 nitrogen and oxygen atoms in total.